The second-order valence-electron chi connectivity index (χ2n) is 5.70. The van der Waals surface area contributed by atoms with Crippen LogP contribution in [0.25, 0.3) is 0 Å². The zero-order valence-electron chi connectivity index (χ0n) is 12.5. The van der Waals surface area contributed by atoms with Crippen LogP contribution in [0.15, 0.2) is 24.3 Å². The first-order valence-corrected chi connectivity index (χ1v) is 7.11. The normalized spacial score (nSPS) is 16.5. The fourth-order valence-corrected chi connectivity index (χ4v) is 2.31. The van der Waals surface area contributed by atoms with E-state index in [1.807, 2.05) is 0 Å². The molecule has 1 aliphatic heterocycles. The van der Waals surface area contributed by atoms with Gasteiger partial charge in [0.2, 0.25) is 0 Å². The fraction of sp³-hybridized carbons (Fsp3) is 0.533. The predicted molar refractivity (Wildman–Crippen MR) is 79.9 cm³/mol. The van der Waals surface area contributed by atoms with Gasteiger partial charge in [-0.3, -0.25) is 4.90 Å². The molecule has 2 rings (SSSR count). The topological polar surface area (TPSA) is 53.6 Å². The van der Waals surface area contributed by atoms with Gasteiger partial charge in [0.25, 0.3) is 0 Å². The minimum Gasteiger partial charge on any atom is -0.379 e. The van der Waals surface area contributed by atoms with E-state index in [0.717, 1.165) is 13.1 Å². The summed E-state index contributed by atoms with van der Waals surface area (Å²) in [6.45, 7) is 7.75. The number of benzene rings is 1. The van der Waals surface area contributed by atoms with E-state index < -0.39 is 11.8 Å². The minimum atomic E-state index is -0.444. The molecule has 116 valence electrons. The molecule has 2 N–H and O–H groups in total. The summed E-state index contributed by atoms with van der Waals surface area (Å²) >= 11 is 0. The van der Waals surface area contributed by atoms with E-state index in [2.05, 4.69) is 29.4 Å². The molecule has 1 saturated heterocycles. The van der Waals surface area contributed by atoms with Gasteiger partial charge in [-0.2, -0.15) is 0 Å². The predicted octanol–water partition coefficient (Wildman–Crippen LogP) is 2.06. The van der Waals surface area contributed by atoms with Gasteiger partial charge in [0, 0.05) is 25.2 Å². The number of para-hydroxylation sites is 1. The number of ether oxygens (including phenoxy) is 1. The number of halogens is 1. The van der Waals surface area contributed by atoms with Crippen LogP contribution in [-0.4, -0.2) is 49.3 Å². The van der Waals surface area contributed by atoms with Crippen LogP contribution in [-0.2, 0) is 4.74 Å². The molecule has 1 aliphatic rings. The molecule has 6 heteroatoms. The Balaban J connectivity index is 1.84. The summed E-state index contributed by atoms with van der Waals surface area (Å²) in [7, 11) is 0. The molecule has 0 saturated carbocycles. The van der Waals surface area contributed by atoms with Crippen molar-refractivity contribution in [2.75, 3.05) is 38.2 Å². The van der Waals surface area contributed by atoms with Gasteiger partial charge in [-0.25, -0.2) is 9.18 Å². The number of amides is 2. The lowest BCUT2D eigenvalue weighted by molar-refractivity contribution is -0.00863. The second-order valence-corrected chi connectivity index (χ2v) is 5.70. The Kier molecular flexibility index (Phi) is 5.14. The molecule has 0 unspecified atom stereocenters. The van der Waals surface area contributed by atoms with E-state index in [4.69, 9.17) is 4.74 Å². The van der Waals surface area contributed by atoms with E-state index in [1.165, 1.54) is 12.1 Å². The summed E-state index contributed by atoms with van der Waals surface area (Å²) in [4.78, 5) is 14.1. The highest BCUT2D eigenvalue weighted by molar-refractivity contribution is 5.89. The first-order valence-electron chi connectivity index (χ1n) is 7.11. The maximum absolute atomic E-state index is 13.5. The highest BCUT2D eigenvalue weighted by Crippen LogP contribution is 2.16. The highest BCUT2D eigenvalue weighted by Gasteiger charge is 2.28. The Labute approximate surface area is 124 Å². The van der Waals surface area contributed by atoms with Crippen LogP contribution >= 0.6 is 0 Å². The zero-order chi connectivity index (χ0) is 15.3. The molecular weight excluding hydrogens is 273 g/mol. The molecule has 21 heavy (non-hydrogen) atoms. The van der Waals surface area contributed by atoms with E-state index >= 15 is 0 Å². The molecule has 1 fully saturated rings. The molecular formula is C15H22FN3O2. The van der Waals surface area contributed by atoms with Crippen LogP contribution in [0.4, 0.5) is 14.9 Å². The zero-order valence-corrected chi connectivity index (χ0v) is 12.5. The average Bonchev–Trinajstić information content (AvgIpc) is 2.49. The average molecular weight is 295 g/mol. The first kappa shape index (κ1) is 15.7. The van der Waals surface area contributed by atoms with Crippen LogP contribution in [0.3, 0.4) is 0 Å². The van der Waals surface area contributed by atoms with Crippen LogP contribution in [0.5, 0.6) is 0 Å². The Morgan fingerprint density at radius 2 is 2.00 bits per heavy atom. The summed E-state index contributed by atoms with van der Waals surface area (Å²) in [6.07, 6.45) is 0. The minimum absolute atomic E-state index is 0.170. The van der Waals surface area contributed by atoms with Crippen molar-refractivity contribution >= 4 is 11.7 Å². The van der Waals surface area contributed by atoms with Gasteiger partial charge in [0.05, 0.1) is 18.9 Å². The van der Waals surface area contributed by atoms with Crippen LogP contribution in [0.2, 0.25) is 0 Å². The Bertz CT molecular complexity index is 488. The van der Waals surface area contributed by atoms with Gasteiger partial charge >= 0.3 is 6.03 Å². The van der Waals surface area contributed by atoms with Crippen molar-refractivity contribution in [3.05, 3.63) is 30.1 Å². The Hall–Kier alpha value is -1.66. The molecule has 1 aromatic carbocycles. The standard InChI is InChI=1S/C15H22FN3O2/c1-15(2,19-7-9-21-10-8-19)11-17-14(20)18-13-6-4-3-5-12(13)16/h3-6H,7-11H2,1-2H3,(H2,17,18,20). The molecule has 0 aliphatic carbocycles. The number of rotatable bonds is 4. The monoisotopic (exact) mass is 295 g/mol. The van der Waals surface area contributed by atoms with Crippen LogP contribution in [0, 0.1) is 5.82 Å². The molecule has 0 atom stereocenters. The quantitative estimate of drug-likeness (QED) is 0.894. The summed E-state index contributed by atoms with van der Waals surface area (Å²) in [5.74, 6) is -0.444. The van der Waals surface area contributed by atoms with E-state index in [-0.39, 0.29) is 11.2 Å². The number of anilines is 1. The van der Waals surface area contributed by atoms with Crippen LogP contribution in [0.1, 0.15) is 13.8 Å². The third kappa shape index (κ3) is 4.41. The molecule has 0 aromatic heterocycles. The number of carbonyl (C=O) groups is 1. The van der Waals surface area contributed by atoms with Gasteiger partial charge in [0.15, 0.2) is 0 Å². The lowest BCUT2D eigenvalue weighted by Gasteiger charge is -2.40. The van der Waals surface area contributed by atoms with Gasteiger partial charge in [-0.05, 0) is 26.0 Å². The van der Waals surface area contributed by atoms with Crippen molar-refractivity contribution < 1.29 is 13.9 Å². The lowest BCUT2D eigenvalue weighted by Crippen LogP contribution is -2.55. The molecule has 0 spiro atoms. The van der Waals surface area contributed by atoms with E-state index in [0.29, 0.717) is 19.8 Å². The van der Waals surface area contributed by atoms with Gasteiger partial charge < -0.3 is 15.4 Å². The van der Waals surface area contributed by atoms with E-state index in [9.17, 15) is 9.18 Å². The van der Waals surface area contributed by atoms with Crippen molar-refractivity contribution in [3.63, 3.8) is 0 Å². The Morgan fingerprint density at radius 3 is 2.67 bits per heavy atom. The maximum atomic E-state index is 13.5. The van der Waals surface area contributed by atoms with Crippen LogP contribution < -0.4 is 10.6 Å². The third-order valence-corrected chi connectivity index (χ3v) is 3.67. The highest BCUT2D eigenvalue weighted by atomic mass is 19.1. The van der Waals surface area contributed by atoms with E-state index in [1.54, 1.807) is 12.1 Å². The molecule has 5 nitrogen and oxygen atoms in total. The van der Waals surface area contributed by atoms with Gasteiger partial charge in [-0.15, -0.1) is 0 Å². The summed E-state index contributed by atoms with van der Waals surface area (Å²) < 4.78 is 18.8. The number of hydrogen-bond acceptors (Lipinski definition) is 3. The Morgan fingerprint density at radius 1 is 1.33 bits per heavy atom. The van der Waals surface area contributed by atoms with Crippen molar-refractivity contribution in [1.82, 2.24) is 10.2 Å². The van der Waals surface area contributed by atoms with Gasteiger partial charge in [-0.1, -0.05) is 12.1 Å². The fourth-order valence-electron chi connectivity index (χ4n) is 2.31. The smallest absolute Gasteiger partial charge is 0.319 e. The molecule has 2 amide bonds. The van der Waals surface area contributed by atoms with Gasteiger partial charge in [0.1, 0.15) is 5.82 Å². The maximum Gasteiger partial charge on any atom is 0.319 e. The van der Waals surface area contributed by atoms with Crippen molar-refractivity contribution in [3.8, 4) is 0 Å². The molecule has 1 heterocycles. The summed E-state index contributed by atoms with van der Waals surface area (Å²) in [5, 5.41) is 5.31. The molecule has 1 aromatic rings. The third-order valence-electron chi connectivity index (χ3n) is 3.67. The number of carbonyl (C=O) groups excluding carboxylic acids is 1. The number of hydrogen-bond donors (Lipinski definition) is 2. The SMILES string of the molecule is CC(C)(CNC(=O)Nc1ccccc1F)N1CCOCC1. The van der Waals surface area contributed by atoms with Crippen molar-refractivity contribution in [1.29, 1.82) is 0 Å². The van der Waals surface area contributed by atoms with Crippen molar-refractivity contribution in [2.24, 2.45) is 0 Å². The number of morpholine rings is 1. The second kappa shape index (κ2) is 6.87. The largest absolute Gasteiger partial charge is 0.379 e. The number of urea groups is 1. The number of nitrogens with one attached hydrogen (secondary N) is 2. The first-order chi connectivity index (χ1) is 9.99. The molecule has 0 bridgehead atoms. The number of nitrogens with zero attached hydrogens (tertiary/aromatic N) is 1. The summed E-state index contributed by atoms with van der Waals surface area (Å²) in [5.41, 5.74) is 0.00951. The lowest BCUT2D eigenvalue weighted by atomic mass is 10.0. The summed E-state index contributed by atoms with van der Waals surface area (Å²) in [6, 6.07) is 5.70. The molecule has 0 radical (unpaired) electrons. The van der Waals surface area contributed by atoms with Crippen molar-refractivity contribution in [2.45, 2.75) is 19.4 Å².